The number of rotatable bonds is 4. The molecule has 3 aliphatic heterocycles. The summed E-state index contributed by atoms with van der Waals surface area (Å²) in [6.45, 7) is 7.13. The van der Waals surface area contributed by atoms with Crippen LogP contribution in [-0.2, 0) is 4.79 Å². The lowest BCUT2D eigenvalue weighted by Crippen LogP contribution is -2.51. The lowest BCUT2D eigenvalue weighted by Gasteiger charge is -2.44. The predicted octanol–water partition coefficient (Wildman–Crippen LogP) is 5.75. The molecule has 2 saturated heterocycles. The van der Waals surface area contributed by atoms with Crippen molar-refractivity contribution in [3.8, 4) is 0 Å². The Balaban J connectivity index is 1.26. The molecule has 34 heavy (non-hydrogen) atoms. The molecular weight excluding hydrogens is 467 g/mol. The minimum Gasteiger partial charge on any atom is -0.344 e. The zero-order valence-electron chi connectivity index (χ0n) is 20.1. The van der Waals surface area contributed by atoms with E-state index < -0.39 is 0 Å². The molecule has 0 spiro atoms. The van der Waals surface area contributed by atoms with Gasteiger partial charge in [-0.2, -0.15) is 0 Å². The number of aliphatic imine (C=N–C) groups is 1. The minimum atomic E-state index is -0.203. The fraction of sp³-hybridized carbons (Fsp3) is 0.556. The first-order valence-electron chi connectivity index (χ1n) is 12.6. The van der Waals surface area contributed by atoms with Crippen molar-refractivity contribution in [2.24, 2.45) is 10.9 Å². The van der Waals surface area contributed by atoms with E-state index in [0.29, 0.717) is 21.9 Å². The summed E-state index contributed by atoms with van der Waals surface area (Å²) in [6, 6.07) is 5.82. The number of amides is 1. The Morgan fingerprint density at radius 3 is 2.68 bits per heavy atom. The summed E-state index contributed by atoms with van der Waals surface area (Å²) in [4.78, 5) is 22.1. The Morgan fingerprint density at radius 1 is 1.18 bits per heavy atom. The number of halogens is 2. The van der Waals surface area contributed by atoms with Gasteiger partial charge < -0.3 is 15.1 Å². The highest BCUT2D eigenvalue weighted by Gasteiger charge is 2.44. The van der Waals surface area contributed by atoms with E-state index >= 15 is 0 Å². The highest BCUT2D eigenvalue weighted by molar-refractivity contribution is 6.35. The average molecular weight is 502 g/mol. The minimum absolute atomic E-state index is 0.0222. The van der Waals surface area contributed by atoms with Gasteiger partial charge in [0.05, 0.1) is 29.7 Å². The Labute approximate surface area is 212 Å². The summed E-state index contributed by atoms with van der Waals surface area (Å²) in [7, 11) is 0. The Bertz CT molecular complexity index is 1040. The van der Waals surface area contributed by atoms with Gasteiger partial charge in [-0.25, -0.2) is 4.99 Å². The van der Waals surface area contributed by atoms with Crippen molar-refractivity contribution in [2.45, 2.75) is 70.0 Å². The number of benzene rings is 1. The average Bonchev–Trinajstić information content (AvgIpc) is 3.20. The van der Waals surface area contributed by atoms with Crippen LogP contribution in [0.3, 0.4) is 0 Å². The molecule has 0 bridgehead atoms. The summed E-state index contributed by atoms with van der Waals surface area (Å²) in [5.41, 5.74) is 3.42. The second-order valence-electron chi connectivity index (χ2n) is 10.3. The zero-order chi connectivity index (χ0) is 23.9. The van der Waals surface area contributed by atoms with E-state index in [1.54, 1.807) is 0 Å². The van der Waals surface area contributed by atoms with Gasteiger partial charge in [0, 0.05) is 23.1 Å². The van der Waals surface area contributed by atoms with Crippen molar-refractivity contribution in [3.63, 3.8) is 0 Å². The normalized spacial score (nSPS) is 28.4. The molecule has 5 nitrogen and oxygen atoms in total. The lowest BCUT2D eigenvalue weighted by molar-refractivity contribution is -0.135. The molecule has 0 radical (unpaired) electrons. The number of carbonyl (C=O) groups is 1. The third-order valence-electron chi connectivity index (χ3n) is 8.22. The van der Waals surface area contributed by atoms with E-state index in [1.807, 2.05) is 24.5 Å². The van der Waals surface area contributed by atoms with E-state index in [4.69, 9.17) is 28.2 Å². The van der Waals surface area contributed by atoms with Crippen LogP contribution in [0, 0.1) is 5.92 Å². The first-order valence-corrected chi connectivity index (χ1v) is 13.3. The van der Waals surface area contributed by atoms with Crippen molar-refractivity contribution in [1.29, 1.82) is 0 Å². The largest absolute Gasteiger partial charge is 0.344 e. The van der Waals surface area contributed by atoms with Crippen LogP contribution < -0.4 is 5.32 Å². The van der Waals surface area contributed by atoms with Crippen LogP contribution >= 0.6 is 23.2 Å². The van der Waals surface area contributed by atoms with Gasteiger partial charge in [0.15, 0.2) is 0 Å². The van der Waals surface area contributed by atoms with Crippen LogP contribution in [0.25, 0.3) is 0 Å². The molecule has 4 aliphatic rings. The van der Waals surface area contributed by atoms with Crippen molar-refractivity contribution in [3.05, 3.63) is 57.2 Å². The highest BCUT2D eigenvalue weighted by atomic mass is 35.5. The summed E-state index contributed by atoms with van der Waals surface area (Å²) in [5.74, 6) is 0.809. The van der Waals surface area contributed by atoms with E-state index in [1.165, 1.54) is 12.0 Å². The summed E-state index contributed by atoms with van der Waals surface area (Å²) >= 11 is 12.7. The number of likely N-dealkylation sites (tertiary alicyclic amines) is 1. The van der Waals surface area contributed by atoms with Crippen molar-refractivity contribution in [2.75, 3.05) is 19.6 Å². The number of nitrogens with one attached hydrogen (secondary N) is 1. The molecule has 0 aromatic heterocycles. The molecule has 3 atom stereocenters. The second-order valence-corrected chi connectivity index (χ2v) is 11.2. The summed E-state index contributed by atoms with van der Waals surface area (Å²) < 4.78 is 0. The highest BCUT2D eigenvalue weighted by Crippen LogP contribution is 2.46. The molecule has 3 heterocycles. The molecule has 1 N–H and O–H groups in total. The quantitative estimate of drug-likeness (QED) is 0.572. The van der Waals surface area contributed by atoms with Crippen LogP contribution in [0.15, 0.2) is 46.6 Å². The lowest BCUT2D eigenvalue weighted by atomic mass is 9.76. The Morgan fingerprint density at radius 2 is 1.97 bits per heavy atom. The molecule has 2 unspecified atom stereocenters. The van der Waals surface area contributed by atoms with Gasteiger partial charge in [0.25, 0.3) is 0 Å². The maximum Gasteiger partial charge on any atom is 0.239 e. The van der Waals surface area contributed by atoms with Gasteiger partial charge in [-0.1, -0.05) is 47.3 Å². The standard InChI is InChI=1S/C27H34Cl2N4O/c1-18(22-8-7-21(28)15-23(22)29)33-17-31-25-9-6-20(16-27(25,33)2)19-10-13-32(14-11-19)26(34)24-5-3-4-12-30-24/h6-9,15,17-19,24,30H,3-5,10-14,16H2,1-2H3/t18?,24-,27?/m1/s1. The van der Waals surface area contributed by atoms with E-state index in [9.17, 15) is 4.79 Å². The molecular formula is C27H34Cl2N4O. The van der Waals surface area contributed by atoms with Crippen LogP contribution in [0.2, 0.25) is 10.0 Å². The van der Waals surface area contributed by atoms with Crippen LogP contribution in [0.1, 0.15) is 64.0 Å². The molecule has 182 valence electrons. The van der Waals surface area contributed by atoms with Gasteiger partial charge in [-0.3, -0.25) is 4.79 Å². The SMILES string of the molecule is CC(c1ccc(Cl)cc1Cl)N1C=NC2=CC=C(C3CCN(C(=O)[C@H]4CCCCN4)CC3)CC21C. The number of piperidine rings is 2. The first-order chi connectivity index (χ1) is 16.4. The van der Waals surface area contributed by atoms with Crippen LogP contribution in [0.4, 0.5) is 0 Å². The number of hydrogen-bond donors (Lipinski definition) is 1. The predicted molar refractivity (Wildman–Crippen MR) is 139 cm³/mol. The molecule has 7 heteroatoms. The molecule has 1 aliphatic carbocycles. The summed E-state index contributed by atoms with van der Waals surface area (Å²) in [6.07, 6.45) is 12.7. The second kappa shape index (κ2) is 9.67. The van der Waals surface area contributed by atoms with Gasteiger partial charge in [-0.05, 0) is 82.2 Å². The topological polar surface area (TPSA) is 47.9 Å². The molecule has 1 amide bonds. The van der Waals surface area contributed by atoms with E-state index in [0.717, 1.165) is 63.0 Å². The van der Waals surface area contributed by atoms with Gasteiger partial charge in [-0.15, -0.1) is 0 Å². The number of nitrogens with zero attached hydrogens (tertiary/aromatic N) is 3. The Kier molecular flexibility index (Phi) is 6.80. The molecule has 0 saturated carbocycles. The van der Waals surface area contributed by atoms with Crippen LogP contribution in [0.5, 0.6) is 0 Å². The van der Waals surface area contributed by atoms with Crippen molar-refractivity contribution >= 4 is 35.4 Å². The molecule has 2 fully saturated rings. The molecule has 1 aromatic rings. The molecule has 5 rings (SSSR count). The van der Waals surface area contributed by atoms with Crippen LogP contribution in [-0.4, -0.2) is 53.3 Å². The number of carbonyl (C=O) groups excluding carboxylic acids is 1. The van der Waals surface area contributed by atoms with Gasteiger partial charge in [0.1, 0.15) is 0 Å². The molecule has 1 aromatic carbocycles. The third kappa shape index (κ3) is 4.43. The fourth-order valence-corrected chi connectivity index (χ4v) is 6.69. The van der Waals surface area contributed by atoms with Gasteiger partial charge >= 0.3 is 0 Å². The zero-order valence-corrected chi connectivity index (χ0v) is 21.6. The first kappa shape index (κ1) is 23.9. The number of allylic oxidation sites excluding steroid dienone is 2. The third-order valence-corrected chi connectivity index (χ3v) is 8.78. The number of hydrogen-bond acceptors (Lipinski definition) is 4. The van der Waals surface area contributed by atoms with E-state index in [2.05, 4.69) is 41.1 Å². The smallest absolute Gasteiger partial charge is 0.239 e. The monoisotopic (exact) mass is 500 g/mol. The van der Waals surface area contributed by atoms with Crippen molar-refractivity contribution < 1.29 is 4.79 Å². The fourth-order valence-electron chi connectivity index (χ4n) is 6.12. The van der Waals surface area contributed by atoms with Crippen molar-refractivity contribution in [1.82, 2.24) is 15.1 Å². The summed E-state index contributed by atoms with van der Waals surface area (Å²) in [5, 5.41) is 4.74. The maximum atomic E-state index is 12.9. The number of fused-ring (bicyclic) bond motifs is 1. The van der Waals surface area contributed by atoms with Gasteiger partial charge in [0.2, 0.25) is 5.91 Å². The maximum absolute atomic E-state index is 12.9. The Hall–Kier alpha value is -1.82. The van der Waals surface area contributed by atoms with E-state index in [-0.39, 0.29) is 17.6 Å².